The van der Waals surface area contributed by atoms with Crippen molar-refractivity contribution >= 4 is 12.0 Å². The molecule has 0 amide bonds. The fourth-order valence-electron chi connectivity index (χ4n) is 2.28. The maximum absolute atomic E-state index is 10.6. The van der Waals surface area contributed by atoms with Gasteiger partial charge in [-0.15, -0.1) is 0 Å². The summed E-state index contributed by atoms with van der Waals surface area (Å²) in [5, 5.41) is 8.72. The summed E-state index contributed by atoms with van der Waals surface area (Å²) in [7, 11) is 1.58. The second-order valence-electron chi connectivity index (χ2n) is 4.57. The minimum Gasteiger partial charge on any atom is -0.493 e. The van der Waals surface area contributed by atoms with Gasteiger partial charge >= 0.3 is 5.97 Å². The summed E-state index contributed by atoms with van der Waals surface area (Å²) in [4.78, 5) is 10.6. The largest absolute Gasteiger partial charge is 0.493 e. The molecule has 0 heterocycles. The number of hydrogen-bond donors (Lipinski definition) is 1. The molecule has 1 N–H and O–H groups in total. The third-order valence-corrected chi connectivity index (χ3v) is 3.22. The number of carbonyl (C=O) groups is 1. The van der Waals surface area contributed by atoms with Crippen LogP contribution in [0.4, 0.5) is 0 Å². The number of rotatable bonds is 5. The van der Waals surface area contributed by atoms with Crippen LogP contribution in [0.15, 0.2) is 24.3 Å². The zero-order valence-electron chi connectivity index (χ0n) is 11.0. The van der Waals surface area contributed by atoms with Crippen LogP contribution in [0.5, 0.6) is 11.5 Å². The molecule has 1 aliphatic rings. The fraction of sp³-hybridized carbons (Fsp3) is 0.400. The zero-order valence-corrected chi connectivity index (χ0v) is 11.0. The van der Waals surface area contributed by atoms with Crippen molar-refractivity contribution in [3.8, 4) is 11.5 Å². The Balaban J connectivity index is 2.27. The molecule has 0 saturated heterocycles. The van der Waals surface area contributed by atoms with Gasteiger partial charge in [0.05, 0.1) is 13.2 Å². The van der Waals surface area contributed by atoms with E-state index in [1.54, 1.807) is 7.11 Å². The van der Waals surface area contributed by atoms with Crippen LogP contribution in [-0.4, -0.2) is 24.3 Å². The molecule has 102 valence electrons. The first kappa shape index (κ1) is 13.5. The summed E-state index contributed by atoms with van der Waals surface area (Å²) >= 11 is 0. The number of carboxylic acid groups (broad SMARTS) is 1. The standard InChI is InChI=1S/C15H18O4/c1-18-13-8-4-5-11(9-10-14(16)17)15(13)19-12-6-2-3-7-12/h4-5,8-10,12H,2-3,6-7H2,1H3,(H,16,17)/b10-9+. The maximum Gasteiger partial charge on any atom is 0.328 e. The summed E-state index contributed by atoms with van der Waals surface area (Å²) in [6, 6.07) is 5.47. The molecule has 1 aromatic carbocycles. The Kier molecular flexibility index (Phi) is 4.44. The van der Waals surface area contributed by atoms with Crippen molar-refractivity contribution in [3.05, 3.63) is 29.8 Å². The van der Waals surface area contributed by atoms with E-state index in [-0.39, 0.29) is 6.10 Å². The Morgan fingerprint density at radius 1 is 1.37 bits per heavy atom. The third-order valence-electron chi connectivity index (χ3n) is 3.22. The Labute approximate surface area is 112 Å². The average molecular weight is 262 g/mol. The summed E-state index contributed by atoms with van der Waals surface area (Å²) in [6.07, 6.45) is 7.29. The summed E-state index contributed by atoms with van der Waals surface area (Å²) in [5.41, 5.74) is 0.730. The Morgan fingerprint density at radius 2 is 2.11 bits per heavy atom. The van der Waals surface area contributed by atoms with Crippen LogP contribution in [-0.2, 0) is 4.79 Å². The molecule has 19 heavy (non-hydrogen) atoms. The molecule has 4 heteroatoms. The number of para-hydroxylation sites is 1. The molecule has 2 rings (SSSR count). The smallest absolute Gasteiger partial charge is 0.328 e. The molecule has 0 aromatic heterocycles. The zero-order chi connectivity index (χ0) is 13.7. The van der Waals surface area contributed by atoms with Gasteiger partial charge in [0, 0.05) is 11.6 Å². The Hall–Kier alpha value is -1.97. The van der Waals surface area contributed by atoms with Gasteiger partial charge in [-0.3, -0.25) is 0 Å². The van der Waals surface area contributed by atoms with Gasteiger partial charge in [0.25, 0.3) is 0 Å². The van der Waals surface area contributed by atoms with Gasteiger partial charge in [0.2, 0.25) is 0 Å². The number of carboxylic acids is 1. The molecule has 0 radical (unpaired) electrons. The maximum atomic E-state index is 10.6. The van der Waals surface area contributed by atoms with E-state index in [0.717, 1.165) is 24.5 Å². The van der Waals surface area contributed by atoms with Crippen LogP contribution >= 0.6 is 0 Å². The molecule has 1 aliphatic carbocycles. The van der Waals surface area contributed by atoms with Crippen molar-refractivity contribution in [2.24, 2.45) is 0 Å². The monoisotopic (exact) mass is 262 g/mol. The molecule has 1 saturated carbocycles. The van der Waals surface area contributed by atoms with Crippen molar-refractivity contribution in [1.29, 1.82) is 0 Å². The summed E-state index contributed by atoms with van der Waals surface area (Å²) in [5.74, 6) is 0.295. The van der Waals surface area contributed by atoms with Crippen LogP contribution in [0.1, 0.15) is 31.2 Å². The second-order valence-corrected chi connectivity index (χ2v) is 4.57. The van der Waals surface area contributed by atoms with E-state index in [1.807, 2.05) is 18.2 Å². The normalized spacial score (nSPS) is 15.8. The predicted octanol–water partition coefficient (Wildman–Crippen LogP) is 3.11. The van der Waals surface area contributed by atoms with Crippen molar-refractivity contribution < 1.29 is 19.4 Å². The van der Waals surface area contributed by atoms with Crippen LogP contribution in [0.3, 0.4) is 0 Å². The topological polar surface area (TPSA) is 55.8 Å². The molecule has 0 unspecified atom stereocenters. The molecule has 1 aromatic rings. The third kappa shape index (κ3) is 3.50. The number of ether oxygens (including phenoxy) is 2. The van der Waals surface area contributed by atoms with Crippen LogP contribution in [0.25, 0.3) is 6.08 Å². The van der Waals surface area contributed by atoms with Crippen LogP contribution in [0.2, 0.25) is 0 Å². The molecule has 0 spiro atoms. The number of aliphatic carboxylic acids is 1. The minimum atomic E-state index is -0.977. The molecule has 4 nitrogen and oxygen atoms in total. The first-order valence-electron chi connectivity index (χ1n) is 6.45. The number of methoxy groups -OCH3 is 1. The van der Waals surface area contributed by atoms with Crippen LogP contribution in [0, 0.1) is 0 Å². The molecule has 1 fully saturated rings. The van der Waals surface area contributed by atoms with Gasteiger partial charge in [-0.2, -0.15) is 0 Å². The molecule has 0 aliphatic heterocycles. The van der Waals surface area contributed by atoms with Crippen LogP contribution < -0.4 is 9.47 Å². The highest BCUT2D eigenvalue weighted by molar-refractivity contribution is 5.86. The van der Waals surface area contributed by atoms with Gasteiger partial charge in [0.1, 0.15) is 0 Å². The number of hydrogen-bond acceptors (Lipinski definition) is 3. The predicted molar refractivity (Wildman–Crippen MR) is 72.5 cm³/mol. The van der Waals surface area contributed by atoms with Crippen molar-refractivity contribution in [2.75, 3.05) is 7.11 Å². The average Bonchev–Trinajstić information content (AvgIpc) is 2.90. The second kappa shape index (κ2) is 6.27. The lowest BCUT2D eigenvalue weighted by atomic mass is 10.1. The van der Waals surface area contributed by atoms with Gasteiger partial charge in [-0.1, -0.05) is 12.1 Å². The van der Waals surface area contributed by atoms with Gasteiger partial charge in [-0.05, 0) is 37.8 Å². The molecular formula is C15H18O4. The highest BCUT2D eigenvalue weighted by Crippen LogP contribution is 2.35. The first-order chi connectivity index (χ1) is 9.20. The summed E-state index contributed by atoms with van der Waals surface area (Å²) in [6.45, 7) is 0. The lowest BCUT2D eigenvalue weighted by Crippen LogP contribution is -2.12. The molecular weight excluding hydrogens is 244 g/mol. The highest BCUT2D eigenvalue weighted by atomic mass is 16.5. The number of benzene rings is 1. The van der Waals surface area contributed by atoms with Crippen molar-refractivity contribution in [2.45, 2.75) is 31.8 Å². The lowest BCUT2D eigenvalue weighted by Gasteiger charge is -2.17. The first-order valence-corrected chi connectivity index (χ1v) is 6.45. The SMILES string of the molecule is COc1cccc(/C=C/C(=O)O)c1OC1CCCC1. The quantitative estimate of drug-likeness (QED) is 0.828. The van der Waals surface area contributed by atoms with E-state index in [4.69, 9.17) is 14.6 Å². The van der Waals surface area contributed by atoms with Crippen molar-refractivity contribution in [3.63, 3.8) is 0 Å². The van der Waals surface area contributed by atoms with E-state index < -0.39 is 5.97 Å². The van der Waals surface area contributed by atoms with E-state index in [9.17, 15) is 4.79 Å². The van der Waals surface area contributed by atoms with E-state index in [2.05, 4.69) is 0 Å². The van der Waals surface area contributed by atoms with Gasteiger partial charge < -0.3 is 14.6 Å². The van der Waals surface area contributed by atoms with E-state index in [0.29, 0.717) is 11.5 Å². The lowest BCUT2D eigenvalue weighted by molar-refractivity contribution is -0.131. The molecule has 0 atom stereocenters. The van der Waals surface area contributed by atoms with Gasteiger partial charge in [-0.25, -0.2) is 4.79 Å². The molecule has 0 bridgehead atoms. The van der Waals surface area contributed by atoms with Crippen molar-refractivity contribution in [1.82, 2.24) is 0 Å². The van der Waals surface area contributed by atoms with E-state index in [1.165, 1.54) is 18.9 Å². The Morgan fingerprint density at radius 3 is 2.74 bits per heavy atom. The van der Waals surface area contributed by atoms with E-state index >= 15 is 0 Å². The summed E-state index contributed by atoms with van der Waals surface area (Å²) < 4.78 is 11.3. The van der Waals surface area contributed by atoms with Gasteiger partial charge in [0.15, 0.2) is 11.5 Å². The fourth-order valence-corrected chi connectivity index (χ4v) is 2.28. The minimum absolute atomic E-state index is 0.202. The Bertz CT molecular complexity index is 473. The highest BCUT2D eigenvalue weighted by Gasteiger charge is 2.19.